The zero-order valence-corrected chi connectivity index (χ0v) is 12.8. The van der Waals surface area contributed by atoms with Crippen LogP contribution in [0.2, 0.25) is 0 Å². The maximum atomic E-state index is 11.2. The molecule has 1 saturated heterocycles. The predicted octanol–water partition coefficient (Wildman–Crippen LogP) is 1.50. The van der Waals surface area contributed by atoms with E-state index in [0.717, 1.165) is 44.7 Å². The number of nitro benzene ring substituents is 1. The molecular weight excluding hydrogens is 286 g/mol. The third-order valence-corrected chi connectivity index (χ3v) is 4.29. The first-order valence-corrected chi connectivity index (χ1v) is 7.61. The zero-order valence-electron chi connectivity index (χ0n) is 12.8. The summed E-state index contributed by atoms with van der Waals surface area (Å²) in [6, 6.07) is 3.23. The molecule has 2 aliphatic rings. The Morgan fingerprint density at radius 3 is 2.55 bits per heavy atom. The summed E-state index contributed by atoms with van der Waals surface area (Å²) in [5.74, 6) is 1.08. The van der Waals surface area contributed by atoms with E-state index in [0.29, 0.717) is 17.9 Å². The van der Waals surface area contributed by atoms with Gasteiger partial charge in [0.2, 0.25) is 6.79 Å². The van der Waals surface area contributed by atoms with Crippen LogP contribution in [-0.2, 0) is 6.42 Å². The number of fused-ring (bicyclic) bond motifs is 1. The summed E-state index contributed by atoms with van der Waals surface area (Å²) < 4.78 is 10.5. The molecule has 1 aromatic rings. The van der Waals surface area contributed by atoms with Crippen molar-refractivity contribution >= 4 is 5.69 Å². The van der Waals surface area contributed by atoms with Crippen molar-refractivity contribution in [1.82, 2.24) is 9.80 Å². The van der Waals surface area contributed by atoms with Gasteiger partial charge in [-0.1, -0.05) is 0 Å². The molecule has 0 unspecified atom stereocenters. The zero-order chi connectivity index (χ0) is 15.5. The Morgan fingerprint density at radius 2 is 1.86 bits per heavy atom. The van der Waals surface area contributed by atoms with E-state index < -0.39 is 0 Å². The molecule has 22 heavy (non-hydrogen) atoms. The van der Waals surface area contributed by atoms with E-state index in [1.54, 1.807) is 6.07 Å². The van der Waals surface area contributed by atoms with Crippen LogP contribution in [0.5, 0.6) is 11.5 Å². The highest BCUT2D eigenvalue weighted by molar-refractivity contribution is 5.55. The van der Waals surface area contributed by atoms with Crippen molar-refractivity contribution in [2.45, 2.75) is 12.8 Å². The normalized spacial score (nSPS) is 18.6. The summed E-state index contributed by atoms with van der Waals surface area (Å²) in [6.07, 6.45) is 1.59. The molecule has 0 amide bonds. The van der Waals surface area contributed by atoms with Crippen molar-refractivity contribution in [3.8, 4) is 11.5 Å². The number of benzene rings is 1. The molecule has 0 spiro atoms. The maximum Gasteiger partial charge on any atom is 0.276 e. The highest BCUT2D eigenvalue weighted by Gasteiger charge is 2.23. The van der Waals surface area contributed by atoms with Crippen LogP contribution in [0, 0.1) is 10.1 Å². The number of rotatable bonds is 5. The topological polar surface area (TPSA) is 68.1 Å². The first kappa shape index (κ1) is 15.1. The van der Waals surface area contributed by atoms with Gasteiger partial charge < -0.3 is 19.3 Å². The summed E-state index contributed by atoms with van der Waals surface area (Å²) in [7, 11) is 2.13. The molecule has 0 saturated carbocycles. The Labute approximate surface area is 129 Å². The smallest absolute Gasteiger partial charge is 0.276 e. The van der Waals surface area contributed by atoms with Gasteiger partial charge in [0.15, 0.2) is 11.5 Å². The molecule has 1 aromatic carbocycles. The molecule has 2 heterocycles. The van der Waals surface area contributed by atoms with Crippen LogP contribution in [-0.4, -0.2) is 61.3 Å². The minimum Gasteiger partial charge on any atom is -0.454 e. The van der Waals surface area contributed by atoms with E-state index in [9.17, 15) is 10.1 Å². The van der Waals surface area contributed by atoms with E-state index in [1.165, 1.54) is 6.07 Å². The van der Waals surface area contributed by atoms with Gasteiger partial charge in [-0.2, -0.15) is 0 Å². The molecule has 2 aliphatic heterocycles. The third-order valence-electron chi connectivity index (χ3n) is 4.29. The molecule has 0 bridgehead atoms. The molecule has 0 aliphatic carbocycles. The highest BCUT2D eigenvalue weighted by Crippen LogP contribution is 2.38. The van der Waals surface area contributed by atoms with Gasteiger partial charge in [0.25, 0.3) is 5.69 Å². The quantitative estimate of drug-likeness (QED) is 0.606. The van der Waals surface area contributed by atoms with Gasteiger partial charge in [0.05, 0.1) is 11.0 Å². The number of hydrogen-bond donors (Lipinski definition) is 0. The fourth-order valence-corrected chi connectivity index (χ4v) is 2.91. The van der Waals surface area contributed by atoms with Gasteiger partial charge in [0.1, 0.15) is 0 Å². The van der Waals surface area contributed by atoms with Crippen molar-refractivity contribution in [1.29, 1.82) is 0 Å². The number of aryl methyl sites for hydroxylation is 1. The number of ether oxygens (including phenoxy) is 2. The molecule has 0 N–H and O–H groups in total. The second-order valence-electron chi connectivity index (χ2n) is 5.84. The van der Waals surface area contributed by atoms with Crippen LogP contribution in [0.15, 0.2) is 12.1 Å². The first-order valence-electron chi connectivity index (χ1n) is 7.61. The van der Waals surface area contributed by atoms with Crippen molar-refractivity contribution in [2.75, 3.05) is 46.6 Å². The SMILES string of the molecule is CN1CCN(CCCc2cc3c(cc2[N+](=O)[O-])OCO3)CC1. The summed E-state index contributed by atoms with van der Waals surface area (Å²) in [4.78, 5) is 15.6. The van der Waals surface area contributed by atoms with E-state index in [2.05, 4.69) is 16.8 Å². The van der Waals surface area contributed by atoms with Crippen molar-refractivity contribution < 1.29 is 14.4 Å². The molecular formula is C15H21N3O4. The number of piperazine rings is 1. The van der Waals surface area contributed by atoms with Crippen LogP contribution in [0.4, 0.5) is 5.69 Å². The fourth-order valence-electron chi connectivity index (χ4n) is 2.91. The van der Waals surface area contributed by atoms with Gasteiger partial charge in [-0.15, -0.1) is 0 Å². The Morgan fingerprint density at radius 1 is 1.18 bits per heavy atom. The highest BCUT2D eigenvalue weighted by atomic mass is 16.7. The third kappa shape index (κ3) is 3.31. The van der Waals surface area contributed by atoms with Gasteiger partial charge in [-0.05, 0) is 32.5 Å². The lowest BCUT2D eigenvalue weighted by atomic mass is 10.1. The Hall–Kier alpha value is -1.86. The predicted molar refractivity (Wildman–Crippen MR) is 81.5 cm³/mol. The van der Waals surface area contributed by atoms with Gasteiger partial charge >= 0.3 is 0 Å². The second-order valence-corrected chi connectivity index (χ2v) is 5.84. The summed E-state index contributed by atoms with van der Waals surface area (Å²) in [5.41, 5.74) is 0.853. The van der Waals surface area contributed by atoms with E-state index >= 15 is 0 Å². The van der Waals surface area contributed by atoms with Gasteiger partial charge in [0, 0.05) is 31.7 Å². The van der Waals surface area contributed by atoms with Crippen molar-refractivity contribution in [2.24, 2.45) is 0 Å². The van der Waals surface area contributed by atoms with Crippen LogP contribution >= 0.6 is 0 Å². The summed E-state index contributed by atoms with van der Waals surface area (Å²) in [5, 5.41) is 11.2. The lowest BCUT2D eigenvalue weighted by molar-refractivity contribution is -0.385. The molecule has 7 nitrogen and oxygen atoms in total. The lowest BCUT2D eigenvalue weighted by Gasteiger charge is -2.32. The second kappa shape index (κ2) is 6.50. The lowest BCUT2D eigenvalue weighted by Crippen LogP contribution is -2.44. The maximum absolute atomic E-state index is 11.2. The average Bonchev–Trinajstić information content (AvgIpc) is 2.95. The molecule has 1 fully saturated rings. The first-order chi connectivity index (χ1) is 10.6. The standard InChI is InChI=1S/C15H21N3O4/c1-16-5-7-17(8-6-16)4-2-3-12-9-14-15(22-11-21-14)10-13(12)18(19)20/h9-10H,2-8,11H2,1H3. The van der Waals surface area contributed by atoms with Gasteiger partial charge in [-0.25, -0.2) is 0 Å². The van der Waals surface area contributed by atoms with Crippen molar-refractivity contribution in [3.63, 3.8) is 0 Å². The minimum atomic E-state index is -0.340. The molecule has 3 rings (SSSR count). The van der Waals surface area contributed by atoms with Crippen LogP contribution < -0.4 is 9.47 Å². The monoisotopic (exact) mass is 307 g/mol. The Bertz CT molecular complexity index is 556. The molecule has 0 aromatic heterocycles. The molecule has 0 atom stereocenters. The van der Waals surface area contributed by atoms with E-state index in [4.69, 9.17) is 9.47 Å². The van der Waals surface area contributed by atoms with Crippen LogP contribution in [0.1, 0.15) is 12.0 Å². The van der Waals surface area contributed by atoms with Gasteiger partial charge in [-0.3, -0.25) is 10.1 Å². The van der Waals surface area contributed by atoms with E-state index in [1.807, 2.05) is 0 Å². The van der Waals surface area contributed by atoms with Crippen LogP contribution in [0.3, 0.4) is 0 Å². The Kier molecular flexibility index (Phi) is 4.44. The van der Waals surface area contributed by atoms with Crippen LogP contribution in [0.25, 0.3) is 0 Å². The number of nitrogens with zero attached hydrogens (tertiary/aromatic N) is 3. The number of nitro groups is 1. The minimum absolute atomic E-state index is 0.127. The average molecular weight is 307 g/mol. The molecule has 7 heteroatoms. The van der Waals surface area contributed by atoms with E-state index in [-0.39, 0.29) is 17.4 Å². The molecule has 120 valence electrons. The summed E-state index contributed by atoms with van der Waals surface area (Å²) in [6.45, 7) is 5.42. The Balaban J connectivity index is 1.61. The number of hydrogen-bond acceptors (Lipinski definition) is 6. The fraction of sp³-hybridized carbons (Fsp3) is 0.600. The van der Waals surface area contributed by atoms with Crippen molar-refractivity contribution in [3.05, 3.63) is 27.8 Å². The molecule has 0 radical (unpaired) electrons. The summed E-state index contributed by atoms with van der Waals surface area (Å²) >= 11 is 0. The number of likely N-dealkylation sites (N-methyl/N-ethyl adjacent to an activating group) is 1. The largest absolute Gasteiger partial charge is 0.454 e.